The molecule has 0 aromatic heterocycles. The van der Waals surface area contributed by atoms with Gasteiger partial charge in [0.1, 0.15) is 4.32 Å². The Hall–Kier alpha value is -2.70. The van der Waals surface area contributed by atoms with Crippen molar-refractivity contribution in [3.05, 3.63) is 88.8 Å². The van der Waals surface area contributed by atoms with Gasteiger partial charge >= 0.3 is 0 Å². The number of rotatable bonds is 9. The minimum atomic E-state index is -0.0863. The number of allylic oxidation sites excluding steroid dienone is 2. The number of nitrogens with zero attached hydrogens (tertiary/aromatic N) is 2. The van der Waals surface area contributed by atoms with Crippen molar-refractivity contribution < 1.29 is 9.59 Å². The number of benzene rings is 2. The summed E-state index contributed by atoms with van der Waals surface area (Å²) < 4.78 is 0.549. The summed E-state index contributed by atoms with van der Waals surface area (Å²) in [5, 5.41) is 0. The molecule has 1 aliphatic heterocycles. The second kappa shape index (κ2) is 11.6. The lowest BCUT2D eigenvalue weighted by atomic mass is 10.2. The van der Waals surface area contributed by atoms with Gasteiger partial charge < -0.3 is 4.90 Å². The molecule has 6 heteroatoms. The predicted molar refractivity (Wildman–Crippen MR) is 132 cm³/mol. The highest BCUT2D eigenvalue weighted by Gasteiger charge is 2.31. The van der Waals surface area contributed by atoms with Gasteiger partial charge in [-0.3, -0.25) is 14.5 Å². The van der Waals surface area contributed by atoms with Gasteiger partial charge in [-0.15, -0.1) is 0 Å². The molecule has 2 aromatic rings. The number of hydrogen-bond acceptors (Lipinski definition) is 4. The molecule has 4 nitrogen and oxygen atoms in total. The summed E-state index contributed by atoms with van der Waals surface area (Å²) in [7, 11) is 0. The zero-order valence-corrected chi connectivity index (χ0v) is 19.2. The molecule has 0 bridgehead atoms. The Bertz CT molecular complexity index is 972. The van der Waals surface area contributed by atoms with Crippen LogP contribution >= 0.6 is 24.0 Å². The quantitative estimate of drug-likeness (QED) is 0.385. The minimum Gasteiger partial charge on any atom is -0.339 e. The van der Waals surface area contributed by atoms with Crippen molar-refractivity contribution >= 4 is 46.2 Å². The van der Waals surface area contributed by atoms with Crippen LogP contribution in [0.25, 0.3) is 6.08 Å². The molecule has 0 unspecified atom stereocenters. The van der Waals surface area contributed by atoms with Gasteiger partial charge in [0, 0.05) is 26.1 Å². The number of carbonyl (C=O) groups is 2. The lowest BCUT2D eigenvalue weighted by molar-refractivity contribution is -0.132. The average molecular weight is 451 g/mol. The number of amides is 2. The summed E-state index contributed by atoms with van der Waals surface area (Å²) in [5.41, 5.74) is 2.19. The van der Waals surface area contributed by atoms with Crippen molar-refractivity contribution in [3.8, 4) is 0 Å². The Labute approximate surface area is 193 Å². The average Bonchev–Trinajstić information content (AvgIpc) is 3.06. The molecular formula is C25H26N2O2S2. The number of thiocarbonyl (C=S) groups is 1. The van der Waals surface area contributed by atoms with Gasteiger partial charge in [-0.1, -0.05) is 96.8 Å². The molecule has 1 heterocycles. The molecule has 31 heavy (non-hydrogen) atoms. The molecule has 0 spiro atoms. The molecule has 2 aromatic carbocycles. The molecule has 2 amide bonds. The van der Waals surface area contributed by atoms with E-state index in [4.69, 9.17) is 12.2 Å². The normalized spacial score (nSPS) is 15.3. The first-order chi connectivity index (χ1) is 15.1. The highest BCUT2D eigenvalue weighted by Crippen LogP contribution is 2.31. The van der Waals surface area contributed by atoms with Crippen molar-refractivity contribution in [2.75, 3.05) is 13.1 Å². The lowest BCUT2D eigenvalue weighted by Gasteiger charge is -2.22. The van der Waals surface area contributed by atoms with Gasteiger partial charge in [0.15, 0.2) is 0 Å². The summed E-state index contributed by atoms with van der Waals surface area (Å²) >= 11 is 6.70. The largest absolute Gasteiger partial charge is 0.339 e. The van der Waals surface area contributed by atoms with Crippen LogP contribution in [0.1, 0.15) is 30.9 Å². The van der Waals surface area contributed by atoms with Crippen LogP contribution in [0.4, 0.5) is 0 Å². The molecular weight excluding hydrogens is 424 g/mol. The summed E-state index contributed by atoms with van der Waals surface area (Å²) in [6.45, 7) is 3.70. The first kappa shape index (κ1) is 23.0. The third kappa shape index (κ3) is 6.64. The van der Waals surface area contributed by atoms with Crippen LogP contribution < -0.4 is 0 Å². The Morgan fingerprint density at radius 2 is 1.77 bits per heavy atom. The van der Waals surface area contributed by atoms with E-state index in [2.05, 4.69) is 0 Å². The molecule has 3 rings (SSSR count). The first-order valence-electron chi connectivity index (χ1n) is 10.4. The fourth-order valence-corrected chi connectivity index (χ4v) is 4.50. The van der Waals surface area contributed by atoms with E-state index in [1.165, 1.54) is 11.8 Å². The van der Waals surface area contributed by atoms with Gasteiger partial charge in [0.2, 0.25) is 5.91 Å². The van der Waals surface area contributed by atoms with Gasteiger partial charge in [-0.2, -0.15) is 0 Å². The van der Waals surface area contributed by atoms with E-state index in [1.807, 2.05) is 84.6 Å². The number of hydrogen-bond donors (Lipinski definition) is 0. The number of thioether (sulfide) groups is 1. The SMILES string of the molecule is CCN(Cc1ccccc1)C(=O)CCCN1C(=O)/C(=C/C=C/c2ccccc2)SC1=S. The standard InChI is InChI=1S/C25H26N2O2S2/c1-2-26(19-21-13-7-4-8-14-21)23(28)17-10-18-27-24(29)22(31-25(27)30)16-9-15-20-11-5-3-6-12-20/h3-9,11-16H,2,10,17-19H2,1H3/b15-9+,22-16-. The molecule has 0 radical (unpaired) electrons. The summed E-state index contributed by atoms with van der Waals surface area (Å²) in [6.07, 6.45) is 6.61. The molecule has 0 N–H and O–H groups in total. The van der Waals surface area contributed by atoms with Gasteiger partial charge in [0.05, 0.1) is 4.91 Å². The molecule has 160 valence electrons. The van der Waals surface area contributed by atoms with E-state index >= 15 is 0 Å². The third-order valence-corrected chi connectivity index (χ3v) is 6.33. The van der Waals surface area contributed by atoms with Gasteiger partial charge in [-0.05, 0) is 30.5 Å². The van der Waals surface area contributed by atoms with Crippen LogP contribution in [0.3, 0.4) is 0 Å². The Balaban J connectivity index is 1.50. The third-order valence-electron chi connectivity index (χ3n) is 4.93. The lowest BCUT2D eigenvalue weighted by Crippen LogP contribution is -2.32. The zero-order chi connectivity index (χ0) is 22.1. The van der Waals surface area contributed by atoms with E-state index in [-0.39, 0.29) is 11.8 Å². The first-order valence-corrected chi connectivity index (χ1v) is 11.6. The smallest absolute Gasteiger partial charge is 0.266 e. The fourth-order valence-electron chi connectivity index (χ4n) is 3.24. The molecule has 0 saturated carbocycles. The molecule has 0 aliphatic carbocycles. The van der Waals surface area contributed by atoms with Crippen LogP contribution in [0.2, 0.25) is 0 Å². The van der Waals surface area contributed by atoms with Gasteiger partial charge in [-0.25, -0.2) is 0 Å². The van der Waals surface area contributed by atoms with Crippen molar-refractivity contribution in [2.45, 2.75) is 26.3 Å². The molecule has 1 saturated heterocycles. The molecule has 0 atom stereocenters. The van der Waals surface area contributed by atoms with E-state index in [1.54, 1.807) is 11.0 Å². The van der Waals surface area contributed by atoms with Crippen molar-refractivity contribution in [1.29, 1.82) is 0 Å². The van der Waals surface area contributed by atoms with Crippen molar-refractivity contribution in [3.63, 3.8) is 0 Å². The van der Waals surface area contributed by atoms with E-state index in [9.17, 15) is 9.59 Å². The van der Waals surface area contributed by atoms with Crippen LogP contribution in [-0.2, 0) is 16.1 Å². The van der Waals surface area contributed by atoms with Crippen LogP contribution in [0, 0.1) is 0 Å². The fraction of sp³-hybridized carbons (Fsp3) is 0.240. The second-order valence-corrected chi connectivity index (χ2v) is 8.80. The maximum atomic E-state index is 12.7. The molecule has 1 fully saturated rings. The number of carbonyl (C=O) groups excluding carboxylic acids is 2. The van der Waals surface area contributed by atoms with Crippen LogP contribution in [0.5, 0.6) is 0 Å². The maximum absolute atomic E-state index is 12.7. The van der Waals surface area contributed by atoms with E-state index < -0.39 is 0 Å². The summed E-state index contributed by atoms with van der Waals surface area (Å²) in [6, 6.07) is 19.9. The molecule has 1 aliphatic rings. The van der Waals surface area contributed by atoms with Crippen molar-refractivity contribution in [1.82, 2.24) is 9.80 Å². The monoisotopic (exact) mass is 450 g/mol. The second-order valence-electron chi connectivity index (χ2n) is 7.12. The zero-order valence-electron chi connectivity index (χ0n) is 17.6. The summed E-state index contributed by atoms with van der Waals surface area (Å²) in [5.74, 6) is 0.00919. The minimum absolute atomic E-state index is 0.0863. The van der Waals surface area contributed by atoms with Crippen LogP contribution in [0.15, 0.2) is 77.7 Å². The van der Waals surface area contributed by atoms with Crippen LogP contribution in [-0.4, -0.2) is 39.0 Å². The van der Waals surface area contributed by atoms with E-state index in [0.717, 1.165) is 11.1 Å². The Morgan fingerprint density at radius 3 is 2.45 bits per heavy atom. The highest BCUT2D eigenvalue weighted by molar-refractivity contribution is 8.26. The van der Waals surface area contributed by atoms with Crippen molar-refractivity contribution in [2.24, 2.45) is 0 Å². The summed E-state index contributed by atoms with van der Waals surface area (Å²) in [4.78, 5) is 29.4. The Morgan fingerprint density at radius 1 is 1.10 bits per heavy atom. The Kier molecular flexibility index (Phi) is 8.62. The maximum Gasteiger partial charge on any atom is 0.266 e. The van der Waals surface area contributed by atoms with E-state index in [0.29, 0.717) is 41.7 Å². The van der Waals surface area contributed by atoms with Gasteiger partial charge in [0.25, 0.3) is 5.91 Å². The highest BCUT2D eigenvalue weighted by atomic mass is 32.2. The topological polar surface area (TPSA) is 40.6 Å². The predicted octanol–water partition coefficient (Wildman–Crippen LogP) is 5.27.